The van der Waals surface area contributed by atoms with Crippen molar-refractivity contribution in [1.82, 2.24) is 9.78 Å². The number of ether oxygens (including phenoxy) is 1. The topological polar surface area (TPSA) is 87.3 Å². The smallest absolute Gasteiger partial charge is 0.360 e. The second kappa shape index (κ2) is 4.52. The van der Waals surface area contributed by atoms with E-state index in [0.29, 0.717) is 12.5 Å². The lowest BCUT2D eigenvalue weighted by molar-refractivity contribution is -0.392. The van der Waals surface area contributed by atoms with E-state index >= 15 is 0 Å². The minimum Gasteiger partial charge on any atom is -0.464 e. The van der Waals surface area contributed by atoms with Crippen LogP contribution in [0.1, 0.15) is 29.8 Å². The summed E-state index contributed by atoms with van der Waals surface area (Å²) in [5, 5.41) is 14.7. The number of rotatable bonds is 5. The molecule has 1 aliphatic carbocycles. The molecule has 0 atom stereocenters. The molecule has 0 spiro atoms. The van der Waals surface area contributed by atoms with Crippen molar-refractivity contribution in [3.05, 3.63) is 21.9 Å². The Bertz CT molecular complexity index is 450. The SMILES string of the molecule is COC(=O)c1cc([N+](=O)[O-])n(CCC2CC2)n1. The molecule has 0 aromatic carbocycles. The number of esters is 1. The minimum atomic E-state index is -0.654. The Balaban J connectivity index is 2.17. The van der Waals surface area contributed by atoms with Gasteiger partial charge in [-0.1, -0.05) is 17.9 Å². The Labute approximate surface area is 97.5 Å². The van der Waals surface area contributed by atoms with Crippen LogP contribution < -0.4 is 0 Å². The highest BCUT2D eigenvalue weighted by Gasteiger charge is 2.26. The molecule has 0 aliphatic heterocycles. The van der Waals surface area contributed by atoms with E-state index in [2.05, 4.69) is 9.84 Å². The maximum Gasteiger partial charge on any atom is 0.360 e. The molecule has 1 heterocycles. The fraction of sp³-hybridized carbons (Fsp3) is 0.600. The molecule has 0 radical (unpaired) electrons. The standard InChI is InChI=1S/C10H13N3O4/c1-17-10(14)8-6-9(13(15)16)12(11-8)5-4-7-2-3-7/h6-7H,2-5H2,1H3. The van der Waals surface area contributed by atoms with Gasteiger partial charge in [-0.05, 0) is 17.3 Å². The average Bonchev–Trinajstić information content (AvgIpc) is 3.03. The van der Waals surface area contributed by atoms with Crippen LogP contribution in [-0.4, -0.2) is 27.8 Å². The Morgan fingerprint density at radius 2 is 2.41 bits per heavy atom. The van der Waals surface area contributed by atoms with Gasteiger partial charge in [0, 0.05) is 0 Å². The van der Waals surface area contributed by atoms with Crippen molar-refractivity contribution in [2.45, 2.75) is 25.8 Å². The second-order valence-electron chi connectivity index (χ2n) is 4.09. The van der Waals surface area contributed by atoms with Crippen LogP contribution >= 0.6 is 0 Å². The van der Waals surface area contributed by atoms with Gasteiger partial charge >= 0.3 is 11.8 Å². The van der Waals surface area contributed by atoms with Crippen LogP contribution in [0.25, 0.3) is 0 Å². The van der Waals surface area contributed by atoms with Crippen molar-refractivity contribution >= 4 is 11.8 Å². The zero-order chi connectivity index (χ0) is 12.4. The first-order valence-electron chi connectivity index (χ1n) is 5.42. The van der Waals surface area contributed by atoms with E-state index in [1.807, 2.05) is 0 Å². The number of carbonyl (C=O) groups excluding carboxylic acids is 1. The summed E-state index contributed by atoms with van der Waals surface area (Å²) < 4.78 is 5.75. The third-order valence-corrected chi connectivity index (χ3v) is 2.79. The molecule has 1 aromatic heterocycles. The summed E-state index contributed by atoms with van der Waals surface area (Å²) in [7, 11) is 1.22. The van der Waals surface area contributed by atoms with Crippen LogP contribution in [0.3, 0.4) is 0 Å². The van der Waals surface area contributed by atoms with Gasteiger partial charge in [-0.25, -0.2) is 4.79 Å². The van der Waals surface area contributed by atoms with E-state index in [-0.39, 0.29) is 11.5 Å². The van der Waals surface area contributed by atoms with E-state index in [1.54, 1.807) is 0 Å². The van der Waals surface area contributed by atoms with Gasteiger partial charge in [0.05, 0.1) is 13.2 Å². The van der Waals surface area contributed by atoms with E-state index in [4.69, 9.17) is 0 Å². The highest BCUT2D eigenvalue weighted by molar-refractivity contribution is 5.87. The van der Waals surface area contributed by atoms with E-state index in [0.717, 1.165) is 12.5 Å². The minimum absolute atomic E-state index is 0.0185. The van der Waals surface area contributed by atoms with Crippen LogP contribution in [0.5, 0.6) is 0 Å². The summed E-state index contributed by atoms with van der Waals surface area (Å²) >= 11 is 0. The maximum atomic E-state index is 11.2. The summed E-state index contributed by atoms with van der Waals surface area (Å²) in [4.78, 5) is 21.5. The molecule has 92 valence electrons. The maximum absolute atomic E-state index is 11.2. The third-order valence-electron chi connectivity index (χ3n) is 2.79. The lowest BCUT2D eigenvalue weighted by Crippen LogP contribution is -2.07. The second-order valence-corrected chi connectivity index (χ2v) is 4.09. The van der Waals surface area contributed by atoms with Gasteiger partial charge in [-0.3, -0.25) is 0 Å². The van der Waals surface area contributed by atoms with Crippen molar-refractivity contribution in [1.29, 1.82) is 0 Å². The highest BCUT2D eigenvalue weighted by Crippen LogP contribution is 2.33. The highest BCUT2D eigenvalue weighted by atomic mass is 16.6. The molecule has 17 heavy (non-hydrogen) atoms. The number of aryl methyl sites for hydroxylation is 1. The zero-order valence-corrected chi connectivity index (χ0v) is 9.46. The first kappa shape index (κ1) is 11.6. The Hall–Kier alpha value is -1.92. The Morgan fingerprint density at radius 1 is 1.71 bits per heavy atom. The first-order valence-corrected chi connectivity index (χ1v) is 5.42. The first-order chi connectivity index (χ1) is 8.11. The van der Waals surface area contributed by atoms with Gasteiger partial charge in [0.1, 0.15) is 6.54 Å². The van der Waals surface area contributed by atoms with Crippen LogP contribution in [0.4, 0.5) is 5.82 Å². The summed E-state index contributed by atoms with van der Waals surface area (Å²) in [5.74, 6) is -0.162. The largest absolute Gasteiger partial charge is 0.464 e. The molecular weight excluding hydrogens is 226 g/mol. The molecule has 0 bridgehead atoms. The lowest BCUT2D eigenvalue weighted by atomic mass is 10.3. The van der Waals surface area contributed by atoms with Gasteiger partial charge in [0.25, 0.3) is 0 Å². The van der Waals surface area contributed by atoms with Gasteiger partial charge in [-0.15, -0.1) is 4.68 Å². The number of methoxy groups -OCH3 is 1. The monoisotopic (exact) mass is 239 g/mol. The molecule has 0 amide bonds. The molecule has 1 saturated carbocycles. The van der Waals surface area contributed by atoms with Crippen LogP contribution in [0.2, 0.25) is 0 Å². The van der Waals surface area contributed by atoms with Crippen LogP contribution in [0, 0.1) is 16.0 Å². The number of carbonyl (C=O) groups is 1. The van der Waals surface area contributed by atoms with Gasteiger partial charge in [-0.2, -0.15) is 0 Å². The van der Waals surface area contributed by atoms with Crippen molar-refractivity contribution in [3.8, 4) is 0 Å². The summed E-state index contributed by atoms with van der Waals surface area (Å²) in [6.45, 7) is 0.470. The summed E-state index contributed by atoms with van der Waals surface area (Å²) in [6.07, 6.45) is 3.22. The summed E-state index contributed by atoms with van der Waals surface area (Å²) in [6, 6.07) is 1.15. The van der Waals surface area contributed by atoms with Gasteiger partial charge in [0.15, 0.2) is 5.69 Å². The Kier molecular flexibility index (Phi) is 3.08. The van der Waals surface area contributed by atoms with Crippen LogP contribution in [-0.2, 0) is 11.3 Å². The number of hydrogen-bond donors (Lipinski definition) is 0. The normalized spacial score (nSPS) is 14.6. The molecule has 1 aliphatic rings. The lowest BCUT2D eigenvalue weighted by Gasteiger charge is -1.97. The Morgan fingerprint density at radius 3 is 2.94 bits per heavy atom. The predicted octanol–water partition coefficient (Wildman–Crippen LogP) is 1.38. The van der Waals surface area contributed by atoms with E-state index in [9.17, 15) is 14.9 Å². The van der Waals surface area contributed by atoms with Gasteiger partial charge < -0.3 is 14.9 Å². The van der Waals surface area contributed by atoms with Crippen molar-refractivity contribution < 1.29 is 14.5 Å². The molecule has 7 nitrogen and oxygen atoms in total. The van der Waals surface area contributed by atoms with Crippen molar-refractivity contribution in [3.63, 3.8) is 0 Å². The summed E-state index contributed by atoms with van der Waals surface area (Å²) in [5.41, 5.74) is -0.0185. The fourth-order valence-electron chi connectivity index (χ4n) is 1.63. The van der Waals surface area contributed by atoms with Crippen molar-refractivity contribution in [2.75, 3.05) is 7.11 Å². The van der Waals surface area contributed by atoms with Crippen LogP contribution in [0.15, 0.2) is 6.07 Å². The zero-order valence-electron chi connectivity index (χ0n) is 9.46. The average molecular weight is 239 g/mol. The van der Waals surface area contributed by atoms with E-state index < -0.39 is 10.9 Å². The number of aromatic nitrogens is 2. The van der Waals surface area contributed by atoms with Crippen molar-refractivity contribution in [2.24, 2.45) is 5.92 Å². The van der Waals surface area contributed by atoms with Gasteiger partial charge in [0.2, 0.25) is 0 Å². The molecule has 1 fully saturated rings. The number of nitrogens with zero attached hydrogens (tertiary/aromatic N) is 3. The fourth-order valence-corrected chi connectivity index (χ4v) is 1.63. The molecule has 0 unspecified atom stereocenters. The third kappa shape index (κ3) is 2.61. The molecule has 0 saturated heterocycles. The quantitative estimate of drug-likeness (QED) is 0.440. The molecule has 0 N–H and O–H groups in total. The molecule has 2 rings (SSSR count). The number of nitro groups is 1. The van der Waals surface area contributed by atoms with E-state index in [1.165, 1.54) is 24.6 Å². The number of hydrogen-bond acceptors (Lipinski definition) is 5. The predicted molar refractivity (Wildman–Crippen MR) is 57.6 cm³/mol. The molecular formula is C10H13N3O4. The molecule has 7 heteroatoms. The molecule has 1 aromatic rings.